The van der Waals surface area contributed by atoms with Gasteiger partial charge in [-0.15, -0.1) is 0 Å². The number of nitrogen functional groups attached to an aromatic ring is 1. The molecule has 4 rings (SSSR count). The van der Waals surface area contributed by atoms with Gasteiger partial charge in [0.25, 0.3) is 0 Å². The Balaban J connectivity index is 0.000000211. The maximum absolute atomic E-state index is 10.1. The van der Waals surface area contributed by atoms with Gasteiger partial charge in [-0.3, -0.25) is 0 Å². The fourth-order valence-electron chi connectivity index (χ4n) is 2.45. The van der Waals surface area contributed by atoms with E-state index in [1.807, 2.05) is 12.1 Å². The average Bonchev–Trinajstić information content (AvgIpc) is 3.10. The van der Waals surface area contributed by atoms with Crippen molar-refractivity contribution in [3.8, 4) is 22.6 Å². The Morgan fingerprint density at radius 3 is 2.54 bits per heavy atom. The van der Waals surface area contributed by atoms with Gasteiger partial charge in [0, 0.05) is 35.7 Å². The smallest absolute Gasteiger partial charge is 0.338 e. The molecule has 9 heteroatoms. The van der Waals surface area contributed by atoms with E-state index in [2.05, 4.69) is 19.9 Å². The number of rotatable bonds is 3. The number of aromatic nitrogens is 4. The number of anilines is 1. The lowest BCUT2D eigenvalue weighted by Gasteiger charge is -2.07. The fourth-order valence-corrected chi connectivity index (χ4v) is 2.45. The van der Waals surface area contributed by atoms with E-state index >= 15 is 0 Å². The number of ether oxygens (including phenoxy) is 1. The largest absolute Gasteiger partial charge is 0.504 e. The number of nitrogens with two attached hydrogens (primary N) is 1. The van der Waals surface area contributed by atoms with Gasteiger partial charge in [0.2, 0.25) is 0 Å². The number of hydrogen-bond donors (Lipinski definition) is 4. The molecule has 0 radical (unpaired) electrons. The number of nitrogens with one attached hydrogen (secondary N) is 1. The summed E-state index contributed by atoms with van der Waals surface area (Å²) in [5.41, 5.74) is 9.22. The van der Waals surface area contributed by atoms with Gasteiger partial charge < -0.3 is 25.7 Å². The molecule has 0 atom stereocenters. The molecule has 9 nitrogen and oxygen atoms in total. The number of hydrogen-bond acceptors (Lipinski definition) is 7. The van der Waals surface area contributed by atoms with Crippen molar-refractivity contribution in [1.29, 1.82) is 0 Å². The quantitative estimate of drug-likeness (QED) is 0.425. The molecule has 0 unspecified atom stereocenters. The number of benzene rings is 1. The lowest BCUT2D eigenvalue weighted by molar-refractivity contribution is 0.0696. The lowest BCUT2D eigenvalue weighted by Crippen LogP contribution is -1.96. The molecule has 0 fully saturated rings. The van der Waals surface area contributed by atoms with Crippen molar-refractivity contribution in [3.63, 3.8) is 0 Å². The highest BCUT2D eigenvalue weighted by molar-refractivity contribution is 5.91. The van der Waals surface area contributed by atoms with Crippen LogP contribution >= 0.6 is 0 Å². The summed E-state index contributed by atoms with van der Waals surface area (Å²) in [4.78, 5) is 24.5. The third-order valence-electron chi connectivity index (χ3n) is 3.88. The number of nitrogens with zero attached hydrogens (tertiary/aromatic N) is 3. The van der Waals surface area contributed by atoms with Crippen molar-refractivity contribution < 1.29 is 19.7 Å². The zero-order chi connectivity index (χ0) is 20.1. The Hall–Kier alpha value is -4.14. The second kappa shape index (κ2) is 8.04. The Morgan fingerprint density at radius 2 is 1.89 bits per heavy atom. The van der Waals surface area contributed by atoms with Crippen LogP contribution < -0.4 is 10.5 Å². The van der Waals surface area contributed by atoms with Crippen LogP contribution in [0.2, 0.25) is 0 Å². The number of aromatic hydroxyl groups is 1. The predicted octanol–water partition coefficient (Wildman–Crippen LogP) is 2.70. The normalized spacial score (nSPS) is 10.2. The topological polar surface area (TPSA) is 147 Å². The van der Waals surface area contributed by atoms with Crippen LogP contribution in [0.5, 0.6) is 11.5 Å². The van der Waals surface area contributed by atoms with Crippen LogP contribution in [-0.4, -0.2) is 43.2 Å². The van der Waals surface area contributed by atoms with E-state index in [4.69, 9.17) is 15.6 Å². The first kappa shape index (κ1) is 18.6. The van der Waals surface area contributed by atoms with Gasteiger partial charge >= 0.3 is 5.97 Å². The number of phenolic OH excluding ortho intramolecular Hbond substituents is 1. The van der Waals surface area contributed by atoms with Gasteiger partial charge in [0.1, 0.15) is 12.0 Å². The second-order valence-corrected chi connectivity index (χ2v) is 5.68. The highest BCUT2D eigenvalue weighted by atomic mass is 16.5. The SMILES string of the molecule is COc1cc(-c2cnc3[nH]cc(N)c3c2)ccc1O.O=C(O)c1cncnc1. The number of phenols is 1. The molecule has 0 aliphatic heterocycles. The van der Waals surface area contributed by atoms with Gasteiger partial charge in [-0.1, -0.05) is 6.07 Å². The van der Waals surface area contributed by atoms with E-state index in [1.165, 1.54) is 25.8 Å². The van der Waals surface area contributed by atoms with Crippen LogP contribution in [0.4, 0.5) is 5.69 Å². The number of aromatic amines is 1. The number of carbonyl (C=O) groups is 1. The molecule has 5 N–H and O–H groups in total. The van der Waals surface area contributed by atoms with Crippen LogP contribution in [0.3, 0.4) is 0 Å². The van der Waals surface area contributed by atoms with Crippen LogP contribution in [0.25, 0.3) is 22.2 Å². The van der Waals surface area contributed by atoms with Crippen molar-refractivity contribution in [1.82, 2.24) is 19.9 Å². The van der Waals surface area contributed by atoms with Crippen molar-refractivity contribution >= 4 is 22.7 Å². The summed E-state index contributed by atoms with van der Waals surface area (Å²) in [6, 6.07) is 7.13. The highest BCUT2D eigenvalue weighted by Gasteiger charge is 2.08. The van der Waals surface area contributed by atoms with E-state index in [9.17, 15) is 9.90 Å². The molecule has 0 aliphatic carbocycles. The van der Waals surface area contributed by atoms with E-state index in [-0.39, 0.29) is 11.3 Å². The molecule has 0 amide bonds. The first-order valence-electron chi connectivity index (χ1n) is 8.08. The molecule has 28 heavy (non-hydrogen) atoms. The Labute approximate surface area is 159 Å². The van der Waals surface area contributed by atoms with E-state index < -0.39 is 5.97 Å². The number of carboxylic acid groups (broad SMARTS) is 1. The number of carboxylic acids is 1. The zero-order valence-electron chi connectivity index (χ0n) is 14.8. The van der Waals surface area contributed by atoms with Crippen molar-refractivity contribution in [2.24, 2.45) is 0 Å². The number of methoxy groups -OCH3 is 1. The van der Waals surface area contributed by atoms with Crippen molar-refractivity contribution in [2.45, 2.75) is 0 Å². The number of fused-ring (bicyclic) bond motifs is 1. The minimum Gasteiger partial charge on any atom is -0.504 e. The minimum atomic E-state index is -1.00. The van der Waals surface area contributed by atoms with Gasteiger partial charge in [0.05, 0.1) is 18.4 Å². The van der Waals surface area contributed by atoms with Crippen LogP contribution in [0.15, 0.2) is 55.4 Å². The average molecular weight is 379 g/mol. The van der Waals surface area contributed by atoms with Crippen LogP contribution in [0, 0.1) is 0 Å². The van der Waals surface area contributed by atoms with Gasteiger partial charge in [-0.25, -0.2) is 19.7 Å². The molecule has 4 aromatic rings. The first-order valence-corrected chi connectivity index (χ1v) is 8.08. The molecule has 0 spiro atoms. The lowest BCUT2D eigenvalue weighted by atomic mass is 10.1. The Bertz CT molecular complexity index is 1110. The standard InChI is InChI=1S/C14H13N3O2.C5H4N2O2/c1-19-13-5-8(2-3-12(13)18)9-4-10-11(15)7-17-14(10)16-6-9;8-5(9)4-1-6-3-7-2-4/h2-7,18H,15H2,1H3,(H,16,17);1-3H,(H,8,9). The minimum absolute atomic E-state index is 0.109. The third kappa shape index (κ3) is 3.98. The summed E-state index contributed by atoms with van der Waals surface area (Å²) < 4.78 is 5.10. The van der Waals surface area contributed by atoms with E-state index in [0.29, 0.717) is 11.4 Å². The summed E-state index contributed by atoms with van der Waals surface area (Å²) in [6.45, 7) is 0. The molecule has 3 heterocycles. The summed E-state index contributed by atoms with van der Waals surface area (Å²) in [5.74, 6) is -0.461. The number of aromatic carboxylic acids is 1. The van der Waals surface area contributed by atoms with E-state index in [1.54, 1.807) is 24.5 Å². The fraction of sp³-hybridized carbons (Fsp3) is 0.0526. The third-order valence-corrected chi connectivity index (χ3v) is 3.88. The van der Waals surface area contributed by atoms with Crippen LogP contribution in [0.1, 0.15) is 10.4 Å². The number of pyridine rings is 1. The summed E-state index contributed by atoms with van der Waals surface area (Å²) in [5, 5.41) is 18.8. The number of H-pyrrole nitrogens is 1. The maximum atomic E-state index is 10.1. The molecular formula is C19H17N5O4. The molecule has 0 saturated carbocycles. The van der Waals surface area contributed by atoms with E-state index in [0.717, 1.165) is 22.2 Å². The van der Waals surface area contributed by atoms with Gasteiger partial charge in [-0.05, 0) is 23.8 Å². The Morgan fingerprint density at radius 1 is 1.14 bits per heavy atom. The Kier molecular flexibility index (Phi) is 5.35. The van der Waals surface area contributed by atoms with Gasteiger partial charge in [0.15, 0.2) is 11.5 Å². The summed E-state index contributed by atoms with van der Waals surface area (Å²) in [7, 11) is 1.52. The monoisotopic (exact) mass is 379 g/mol. The molecular weight excluding hydrogens is 362 g/mol. The summed E-state index contributed by atoms with van der Waals surface area (Å²) >= 11 is 0. The zero-order valence-corrected chi connectivity index (χ0v) is 14.8. The molecule has 142 valence electrons. The second-order valence-electron chi connectivity index (χ2n) is 5.68. The molecule has 0 bridgehead atoms. The van der Waals surface area contributed by atoms with Gasteiger partial charge in [-0.2, -0.15) is 0 Å². The molecule has 0 saturated heterocycles. The van der Waals surface area contributed by atoms with Crippen molar-refractivity contribution in [2.75, 3.05) is 12.8 Å². The first-order chi connectivity index (χ1) is 13.5. The van der Waals surface area contributed by atoms with Crippen LogP contribution in [-0.2, 0) is 0 Å². The highest BCUT2D eigenvalue weighted by Crippen LogP contribution is 2.32. The van der Waals surface area contributed by atoms with Crippen molar-refractivity contribution in [3.05, 3.63) is 60.9 Å². The molecule has 0 aliphatic rings. The summed E-state index contributed by atoms with van der Waals surface area (Å²) in [6.07, 6.45) is 7.25. The molecule has 3 aromatic heterocycles. The predicted molar refractivity (Wildman–Crippen MR) is 103 cm³/mol. The molecule has 1 aromatic carbocycles. The maximum Gasteiger partial charge on any atom is 0.338 e.